The van der Waals surface area contributed by atoms with Crippen LogP contribution in [0.1, 0.15) is 42.9 Å². The first-order chi connectivity index (χ1) is 13.6. The average molecular weight is 495 g/mol. The van der Waals surface area contributed by atoms with Gasteiger partial charge >= 0.3 is 5.97 Å². The van der Waals surface area contributed by atoms with Crippen LogP contribution in [0.3, 0.4) is 0 Å². The molecule has 8 heteroatoms. The molecule has 1 atom stereocenters. The molecule has 0 aliphatic heterocycles. The van der Waals surface area contributed by atoms with Crippen LogP contribution in [-0.4, -0.2) is 21.3 Å². The van der Waals surface area contributed by atoms with Crippen LogP contribution in [-0.2, 0) is 21.4 Å². The standard InChI is InChI=1S/C21H22BrNO4S2/c1-5-27-20(24)19-18(22)16-12-15(10-11-17(16)28-19)23(29(25)26)14-8-6-13(7-9-14)21(2,3)4/h6-12H,5H2,1-4H3,(H,25,26)/p-1. The van der Waals surface area contributed by atoms with Crippen LogP contribution in [0.4, 0.5) is 11.4 Å². The second kappa shape index (κ2) is 8.55. The zero-order valence-electron chi connectivity index (χ0n) is 16.5. The Bertz CT molecular complexity index is 1070. The molecule has 1 unspecified atom stereocenters. The van der Waals surface area contributed by atoms with Crippen molar-refractivity contribution < 1.29 is 18.3 Å². The van der Waals surface area contributed by atoms with Gasteiger partial charge in [0.1, 0.15) is 4.88 Å². The molecule has 0 amide bonds. The van der Waals surface area contributed by atoms with E-state index in [0.717, 1.165) is 15.6 Å². The zero-order chi connectivity index (χ0) is 21.3. The summed E-state index contributed by atoms with van der Waals surface area (Å²) < 4.78 is 31.9. The van der Waals surface area contributed by atoms with Crippen LogP contribution in [0, 0.1) is 0 Å². The summed E-state index contributed by atoms with van der Waals surface area (Å²) in [7, 11) is 0. The van der Waals surface area contributed by atoms with Gasteiger partial charge in [0, 0.05) is 10.1 Å². The van der Waals surface area contributed by atoms with Crippen molar-refractivity contribution in [3.8, 4) is 0 Å². The fraction of sp³-hybridized carbons (Fsp3) is 0.286. The average Bonchev–Trinajstić information content (AvgIpc) is 2.98. The minimum Gasteiger partial charge on any atom is -0.755 e. The van der Waals surface area contributed by atoms with Crippen molar-refractivity contribution in [1.82, 2.24) is 0 Å². The number of thiophene rings is 1. The molecule has 0 saturated heterocycles. The first-order valence-electron chi connectivity index (χ1n) is 9.02. The lowest BCUT2D eigenvalue weighted by molar-refractivity contribution is 0.0531. The molecular weight excluding hydrogens is 474 g/mol. The van der Waals surface area contributed by atoms with Gasteiger partial charge in [-0.25, -0.2) is 4.79 Å². The van der Waals surface area contributed by atoms with Gasteiger partial charge in [-0.05, 0) is 64.2 Å². The number of benzene rings is 2. The second-order valence-corrected chi connectivity index (χ2v) is 10.1. The lowest BCUT2D eigenvalue weighted by Crippen LogP contribution is -2.20. The molecule has 154 valence electrons. The Kier molecular flexibility index (Phi) is 6.48. The van der Waals surface area contributed by atoms with Gasteiger partial charge < -0.3 is 9.29 Å². The molecule has 2 aromatic carbocycles. The monoisotopic (exact) mass is 494 g/mol. The van der Waals surface area contributed by atoms with E-state index < -0.39 is 17.2 Å². The van der Waals surface area contributed by atoms with Crippen molar-refractivity contribution >= 4 is 66.0 Å². The van der Waals surface area contributed by atoms with Crippen LogP contribution in [0.2, 0.25) is 0 Å². The molecule has 0 radical (unpaired) electrons. The summed E-state index contributed by atoms with van der Waals surface area (Å²) in [6.07, 6.45) is 0. The van der Waals surface area contributed by atoms with E-state index in [1.807, 2.05) is 18.2 Å². The fourth-order valence-electron chi connectivity index (χ4n) is 2.93. The van der Waals surface area contributed by atoms with Gasteiger partial charge in [0.15, 0.2) is 0 Å². The first-order valence-corrected chi connectivity index (χ1v) is 11.7. The van der Waals surface area contributed by atoms with Crippen molar-refractivity contribution in [1.29, 1.82) is 0 Å². The SMILES string of the molecule is CCOC(=O)c1sc2ccc(N(c3ccc(C(C)(C)C)cc3)S(=O)[O-])cc2c1Br. The van der Waals surface area contributed by atoms with Gasteiger partial charge in [-0.2, -0.15) is 0 Å². The normalized spacial score (nSPS) is 12.8. The molecule has 0 spiro atoms. The van der Waals surface area contributed by atoms with Gasteiger partial charge in [-0.1, -0.05) is 32.9 Å². The number of ether oxygens (including phenoxy) is 1. The summed E-state index contributed by atoms with van der Waals surface area (Å²) in [5, 5.41) is 0.761. The van der Waals surface area contributed by atoms with Gasteiger partial charge in [0.25, 0.3) is 0 Å². The zero-order valence-corrected chi connectivity index (χ0v) is 19.7. The molecule has 0 N–H and O–H groups in total. The lowest BCUT2D eigenvalue weighted by atomic mass is 9.87. The Labute approximate surface area is 185 Å². The third kappa shape index (κ3) is 4.55. The third-order valence-corrected chi connectivity index (χ3v) is 7.38. The third-order valence-electron chi connectivity index (χ3n) is 4.42. The summed E-state index contributed by atoms with van der Waals surface area (Å²) in [6, 6.07) is 12.8. The Balaban J connectivity index is 2.05. The topological polar surface area (TPSA) is 69.7 Å². The van der Waals surface area contributed by atoms with E-state index in [0.29, 0.717) is 20.7 Å². The molecule has 0 bridgehead atoms. The first kappa shape index (κ1) is 22.0. The minimum atomic E-state index is -2.51. The predicted octanol–water partition coefficient (Wildman–Crippen LogP) is 6.07. The highest BCUT2D eigenvalue weighted by Gasteiger charge is 2.20. The maximum atomic E-state index is 12.1. The number of anilines is 2. The Hall–Kier alpha value is -1.74. The van der Waals surface area contributed by atoms with Crippen molar-refractivity contribution in [2.75, 3.05) is 10.9 Å². The summed E-state index contributed by atoms with van der Waals surface area (Å²) in [5.41, 5.74) is 2.13. The molecular formula is C21H21BrNO4S2-. The molecule has 1 aromatic heterocycles. The van der Waals surface area contributed by atoms with E-state index in [1.54, 1.807) is 31.2 Å². The number of hydrogen-bond acceptors (Lipinski definition) is 5. The molecule has 3 aromatic rings. The number of hydrogen-bond donors (Lipinski definition) is 0. The highest BCUT2D eigenvalue weighted by atomic mass is 79.9. The maximum Gasteiger partial charge on any atom is 0.349 e. The lowest BCUT2D eigenvalue weighted by Gasteiger charge is -2.27. The molecule has 0 saturated carbocycles. The van der Waals surface area contributed by atoms with E-state index in [4.69, 9.17) is 4.74 Å². The molecule has 0 aliphatic rings. The van der Waals surface area contributed by atoms with Crippen LogP contribution < -0.4 is 4.31 Å². The van der Waals surface area contributed by atoms with Gasteiger partial charge in [-0.15, -0.1) is 11.3 Å². The number of halogens is 1. The molecule has 0 aliphatic carbocycles. The number of carbonyl (C=O) groups excluding carboxylic acids is 1. The second-order valence-electron chi connectivity index (χ2n) is 7.45. The van der Waals surface area contributed by atoms with Crippen molar-refractivity contribution in [3.63, 3.8) is 0 Å². The van der Waals surface area contributed by atoms with Gasteiger partial charge in [0.2, 0.25) is 0 Å². The van der Waals surface area contributed by atoms with Crippen molar-refractivity contribution in [2.24, 2.45) is 0 Å². The smallest absolute Gasteiger partial charge is 0.349 e. The van der Waals surface area contributed by atoms with Gasteiger partial charge in [-0.3, -0.25) is 8.51 Å². The van der Waals surface area contributed by atoms with Crippen LogP contribution in [0.25, 0.3) is 10.1 Å². The molecule has 5 nitrogen and oxygen atoms in total. The molecule has 3 rings (SSSR count). The Morgan fingerprint density at radius 1 is 1.17 bits per heavy atom. The van der Waals surface area contributed by atoms with Crippen molar-refractivity contribution in [3.05, 3.63) is 57.4 Å². The van der Waals surface area contributed by atoms with Crippen LogP contribution in [0.15, 0.2) is 46.9 Å². The van der Waals surface area contributed by atoms with E-state index in [-0.39, 0.29) is 12.0 Å². The summed E-state index contributed by atoms with van der Waals surface area (Å²) in [6.45, 7) is 8.36. The van der Waals surface area contributed by atoms with E-state index in [2.05, 4.69) is 36.7 Å². The summed E-state index contributed by atoms with van der Waals surface area (Å²) in [5.74, 6) is -0.399. The largest absolute Gasteiger partial charge is 0.755 e. The minimum absolute atomic E-state index is 0.0239. The quantitative estimate of drug-likeness (QED) is 0.318. The summed E-state index contributed by atoms with van der Waals surface area (Å²) >= 11 is 2.27. The van der Waals surface area contributed by atoms with E-state index in [9.17, 15) is 13.6 Å². The molecule has 29 heavy (non-hydrogen) atoms. The number of fused-ring (bicyclic) bond motifs is 1. The van der Waals surface area contributed by atoms with E-state index in [1.165, 1.54) is 15.6 Å². The fourth-order valence-corrected chi connectivity index (χ4v) is 5.34. The number of esters is 1. The maximum absolute atomic E-state index is 12.1. The Morgan fingerprint density at radius 3 is 2.34 bits per heavy atom. The van der Waals surface area contributed by atoms with Gasteiger partial charge in [0.05, 0.1) is 33.7 Å². The van der Waals surface area contributed by atoms with Crippen LogP contribution in [0.5, 0.6) is 0 Å². The molecule has 0 fully saturated rings. The van der Waals surface area contributed by atoms with Crippen molar-refractivity contribution in [2.45, 2.75) is 33.1 Å². The molecule has 1 heterocycles. The Morgan fingerprint density at radius 2 is 1.79 bits per heavy atom. The number of rotatable bonds is 5. The van der Waals surface area contributed by atoms with E-state index >= 15 is 0 Å². The number of nitrogens with zero attached hydrogens (tertiary/aromatic N) is 1. The predicted molar refractivity (Wildman–Crippen MR) is 122 cm³/mol. The highest BCUT2D eigenvalue weighted by molar-refractivity contribution is 9.10. The summed E-state index contributed by atoms with van der Waals surface area (Å²) in [4.78, 5) is 12.6. The highest BCUT2D eigenvalue weighted by Crippen LogP contribution is 2.39. The number of carbonyl (C=O) groups is 1. The van der Waals surface area contributed by atoms with Crippen LogP contribution >= 0.6 is 27.3 Å².